The Labute approximate surface area is 113 Å². The Hall–Kier alpha value is -3.02. The van der Waals surface area contributed by atoms with E-state index in [2.05, 4.69) is 0 Å². The van der Waals surface area contributed by atoms with E-state index in [1.807, 2.05) is 0 Å². The lowest BCUT2D eigenvalue weighted by Crippen LogP contribution is -2.03. The van der Waals surface area contributed by atoms with E-state index in [9.17, 15) is 14.7 Å². The fourth-order valence-electron chi connectivity index (χ4n) is 1.46. The second-order valence-electron chi connectivity index (χ2n) is 3.81. The summed E-state index contributed by atoms with van der Waals surface area (Å²) < 4.78 is 0. The maximum Gasteiger partial charge on any atom is 0.335 e. The van der Waals surface area contributed by atoms with Crippen LogP contribution in [0.2, 0.25) is 0 Å². The molecule has 2 aromatic rings. The second kappa shape index (κ2) is 5.75. The van der Waals surface area contributed by atoms with Crippen LogP contribution in [0.4, 0.5) is 0 Å². The predicted molar refractivity (Wildman–Crippen MR) is 68.2 cm³/mol. The summed E-state index contributed by atoms with van der Waals surface area (Å²) in [4.78, 5) is 31.3. The molecule has 0 saturated carbocycles. The van der Waals surface area contributed by atoms with E-state index in [4.69, 9.17) is 14.9 Å². The van der Waals surface area contributed by atoms with Crippen molar-refractivity contribution >= 4 is 12.3 Å². The van der Waals surface area contributed by atoms with Crippen LogP contribution in [-0.2, 0) is 0 Å². The molecular formula is C14H10O6. The summed E-state index contributed by atoms with van der Waals surface area (Å²) in [6.45, 7) is 0. The van der Waals surface area contributed by atoms with E-state index in [0.717, 1.165) is 6.07 Å². The zero-order chi connectivity index (χ0) is 14.5. The SMILES string of the molecule is O=Cc1ccccc1OOc1ccc(C(=O)O)cc1O. The fourth-order valence-corrected chi connectivity index (χ4v) is 1.46. The number of aromatic hydroxyl groups is 1. The maximum absolute atomic E-state index is 10.8. The number of para-hydroxylation sites is 1. The minimum Gasteiger partial charge on any atom is -0.504 e. The zero-order valence-electron chi connectivity index (χ0n) is 10.1. The van der Waals surface area contributed by atoms with Crippen molar-refractivity contribution in [1.82, 2.24) is 0 Å². The highest BCUT2D eigenvalue weighted by Crippen LogP contribution is 2.28. The summed E-state index contributed by atoms with van der Waals surface area (Å²) >= 11 is 0. The van der Waals surface area contributed by atoms with Gasteiger partial charge in [-0.15, -0.1) is 0 Å². The van der Waals surface area contributed by atoms with Gasteiger partial charge in [0.25, 0.3) is 0 Å². The second-order valence-corrected chi connectivity index (χ2v) is 3.81. The molecule has 20 heavy (non-hydrogen) atoms. The third-order valence-corrected chi connectivity index (χ3v) is 2.47. The lowest BCUT2D eigenvalue weighted by atomic mass is 10.2. The minimum atomic E-state index is -1.17. The largest absolute Gasteiger partial charge is 0.504 e. The van der Waals surface area contributed by atoms with Crippen molar-refractivity contribution in [2.75, 3.05) is 0 Å². The lowest BCUT2D eigenvalue weighted by Gasteiger charge is -2.08. The van der Waals surface area contributed by atoms with Crippen molar-refractivity contribution in [3.05, 3.63) is 53.6 Å². The number of aldehydes is 1. The predicted octanol–water partition coefficient (Wildman–Crippen LogP) is 2.28. The summed E-state index contributed by atoms with van der Waals surface area (Å²) in [5.74, 6) is -1.42. The van der Waals surface area contributed by atoms with Gasteiger partial charge in [-0.1, -0.05) is 12.1 Å². The van der Waals surface area contributed by atoms with Crippen molar-refractivity contribution in [2.24, 2.45) is 0 Å². The number of carbonyl (C=O) groups excluding carboxylic acids is 1. The zero-order valence-corrected chi connectivity index (χ0v) is 10.1. The van der Waals surface area contributed by atoms with E-state index < -0.39 is 5.97 Å². The number of carboxylic acids is 1. The Morgan fingerprint density at radius 1 is 1.05 bits per heavy atom. The van der Waals surface area contributed by atoms with Gasteiger partial charge in [0, 0.05) is 0 Å². The van der Waals surface area contributed by atoms with Gasteiger partial charge in [-0.3, -0.25) is 14.6 Å². The molecule has 2 rings (SSSR count). The maximum atomic E-state index is 10.8. The van der Waals surface area contributed by atoms with Gasteiger partial charge in [0.1, 0.15) is 0 Å². The van der Waals surface area contributed by atoms with Crippen molar-refractivity contribution < 1.29 is 29.6 Å². The van der Waals surface area contributed by atoms with Crippen molar-refractivity contribution in [3.8, 4) is 17.2 Å². The molecule has 0 radical (unpaired) electrons. The highest BCUT2D eigenvalue weighted by Gasteiger charge is 2.11. The van der Waals surface area contributed by atoms with Crippen LogP contribution in [0.5, 0.6) is 17.2 Å². The van der Waals surface area contributed by atoms with Crippen LogP contribution in [0.15, 0.2) is 42.5 Å². The van der Waals surface area contributed by atoms with Gasteiger partial charge in [-0.05, 0) is 30.3 Å². The topological polar surface area (TPSA) is 93.1 Å². The first-order valence-electron chi connectivity index (χ1n) is 5.57. The van der Waals surface area contributed by atoms with E-state index in [1.54, 1.807) is 18.2 Å². The number of hydrogen-bond acceptors (Lipinski definition) is 5. The number of phenols is 1. The van der Waals surface area contributed by atoms with Gasteiger partial charge in [-0.25, -0.2) is 4.79 Å². The smallest absolute Gasteiger partial charge is 0.335 e. The van der Waals surface area contributed by atoms with Crippen LogP contribution >= 0.6 is 0 Å². The Bertz CT molecular complexity index is 650. The van der Waals surface area contributed by atoms with E-state index in [0.29, 0.717) is 6.29 Å². The molecule has 0 atom stereocenters. The number of rotatable bonds is 5. The number of carbonyl (C=O) groups is 2. The Kier molecular flexibility index (Phi) is 3.85. The van der Waals surface area contributed by atoms with E-state index in [1.165, 1.54) is 18.2 Å². The molecule has 0 amide bonds. The molecule has 0 fully saturated rings. The molecule has 6 nitrogen and oxygen atoms in total. The highest BCUT2D eigenvalue weighted by molar-refractivity contribution is 5.88. The average Bonchev–Trinajstić information content (AvgIpc) is 2.46. The van der Waals surface area contributed by atoms with Crippen molar-refractivity contribution in [1.29, 1.82) is 0 Å². The van der Waals surface area contributed by atoms with Gasteiger partial charge in [0.05, 0.1) is 11.1 Å². The molecule has 6 heteroatoms. The molecule has 0 unspecified atom stereocenters. The average molecular weight is 274 g/mol. The normalized spacial score (nSPS) is 9.80. The number of hydrogen-bond donors (Lipinski definition) is 2. The van der Waals surface area contributed by atoms with Crippen LogP contribution < -0.4 is 9.78 Å². The number of carboxylic acid groups (broad SMARTS) is 1. The van der Waals surface area contributed by atoms with Gasteiger partial charge in [0.2, 0.25) is 5.75 Å². The third kappa shape index (κ3) is 2.86. The van der Waals surface area contributed by atoms with Gasteiger partial charge in [-0.2, -0.15) is 0 Å². The van der Waals surface area contributed by atoms with E-state index in [-0.39, 0.29) is 28.4 Å². The number of benzene rings is 2. The molecular weight excluding hydrogens is 264 g/mol. The molecule has 0 aliphatic carbocycles. The lowest BCUT2D eigenvalue weighted by molar-refractivity contribution is -0.102. The monoisotopic (exact) mass is 274 g/mol. The fraction of sp³-hybridized carbons (Fsp3) is 0. The van der Waals surface area contributed by atoms with Crippen LogP contribution in [-0.4, -0.2) is 22.5 Å². The molecule has 0 spiro atoms. The molecule has 102 valence electrons. The summed E-state index contributed by atoms with van der Waals surface area (Å²) in [6.07, 6.45) is 0.603. The first kappa shape index (κ1) is 13.4. The van der Waals surface area contributed by atoms with Crippen molar-refractivity contribution in [2.45, 2.75) is 0 Å². The van der Waals surface area contributed by atoms with Gasteiger partial charge >= 0.3 is 5.97 Å². The molecule has 0 bridgehead atoms. The first-order valence-corrected chi connectivity index (χ1v) is 5.57. The third-order valence-electron chi connectivity index (χ3n) is 2.47. The van der Waals surface area contributed by atoms with E-state index >= 15 is 0 Å². The summed E-state index contributed by atoms with van der Waals surface area (Å²) in [6, 6.07) is 9.92. The van der Waals surface area contributed by atoms with Crippen LogP contribution in [0.25, 0.3) is 0 Å². The molecule has 0 aromatic heterocycles. The van der Waals surface area contributed by atoms with Crippen molar-refractivity contribution in [3.63, 3.8) is 0 Å². The quantitative estimate of drug-likeness (QED) is 0.493. The standard InChI is InChI=1S/C14H10O6/c15-8-10-3-1-2-4-12(10)19-20-13-6-5-9(14(17)18)7-11(13)16/h1-8,16H,(H,17,18). The van der Waals surface area contributed by atoms with Crippen LogP contribution in [0.1, 0.15) is 20.7 Å². The molecule has 2 aromatic carbocycles. The van der Waals surface area contributed by atoms with Crippen LogP contribution in [0, 0.1) is 0 Å². The van der Waals surface area contributed by atoms with Gasteiger partial charge < -0.3 is 10.2 Å². The summed E-state index contributed by atoms with van der Waals surface area (Å²) in [5.41, 5.74) is 0.206. The molecule has 0 aliphatic heterocycles. The number of aromatic carboxylic acids is 1. The Morgan fingerprint density at radius 2 is 1.75 bits per heavy atom. The highest BCUT2D eigenvalue weighted by atomic mass is 17.2. The molecule has 0 saturated heterocycles. The molecule has 0 aliphatic rings. The van der Waals surface area contributed by atoms with Crippen LogP contribution in [0.3, 0.4) is 0 Å². The number of phenolic OH excluding ortho intramolecular Hbond substituents is 1. The summed E-state index contributed by atoms with van der Waals surface area (Å²) in [5, 5.41) is 18.4. The molecule has 2 N–H and O–H groups in total. The Morgan fingerprint density at radius 3 is 2.40 bits per heavy atom. The van der Waals surface area contributed by atoms with Gasteiger partial charge in [0.15, 0.2) is 17.8 Å². The summed E-state index contributed by atoms with van der Waals surface area (Å²) in [7, 11) is 0. The minimum absolute atomic E-state index is 0.0595. The first-order chi connectivity index (χ1) is 9.61. The Balaban J connectivity index is 2.15. The molecule has 0 heterocycles.